The number of nitrogens with zero attached hydrogens (tertiary/aromatic N) is 1. The lowest BCUT2D eigenvalue weighted by Crippen LogP contribution is -2.24. The normalized spacial score (nSPS) is 10.3. The van der Waals surface area contributed by atoms with Crippen LogP contribution in [0.25, 0.3) is 5.69 Å². The van der Waals surface area contributed by atoms with Crippen molar-refractivity contribution in [2.75, 3.05) is 0 Å². The second kappa shape index (κ2) is 4.33. The van der Waals surface area contributed by atoms with Crippen LogP contribution in [0, 0.1) is 5.82 Å². The van der Waals surface area contributed by atoms with Crippen LogP contribution in [0.2, 0.25) is 0 Å². The van der Waals surface area contributed by atoms with E-state index >= 15 is 0 Å². The Kier molecular flexibility index (Phi) is 2.85. The Hall–Kier alpha value is -2.63. The first-order valence-corrected chi connectivity index (χ1v) is 4.95. The minimum absolute atomic E-state index is 0.181. The number of rotatable bonds is 2. The lowest BCUT2D eigenvalue weighted by atomic mass is 10.2. The Morgan fingerprint density at radius 1 is 1.22 bits per heavy atom. The Balaban J connectivity index is 2.83. The van der Waals surface area contributed by atoms with Crippen molar-refractivity contribution in [1.29, 1.82) is 0 Å². The van der Waals surface area contributed by atoms with E-state index in [2.05, 4.69) is 0 Å². The number of aromatic hydroxyl groups is 1. The first kappa shape index (κ1) is 11.8. The van der Waals surface area contributed by atoms with Gasteiger partial charge in [0.1, 0.15) is 17.3 Å². The highest BCUT2D eigenvalue weighted by Gasteiger charge is 2.16. The van der Waals surface area contributed by atoms with Crippen LogP contribution < -0.4 is 5.56 Å². The number of para-hydroxylation sites is 1. The monoisotopic (exact) mass is 249 g/mol. The smallest absolute Gasteiger partial charge is 0.353 e. The molecule has 1 aromatic heterocycles. The van der Waals surface area contributed by atoms with Gasteiger partial charge in [-0.3, -0.25) is 9.36 Å². The number of carboxylic acids is 1. The van der Waals surface area contributed by atoms with Gasteiger partial charge in [-0.05, 0) is 12.1 Å². The highest BCUT2D eigenvalue weighted by atomic mass is 19.1. The molecule has 6 heteroatoms. The Labute approximate surface area is 100 Å². The Bertz CT molecular complexity index is 678. The van der Waals surface area contributed by atoms with Crippen LogP contribution in [0.4, 0.5) is 4.39 Å². The molecular formula is C12H8FNO4. The molecule has 0 aliphatic heterocycles. The van der Waals surface area contributed by atoms with E-state index in [-0.39, 0.29) is 5.69 Å². The molecule has 0 aliphatic carbocycles. The molecule has 5 nitrogen and oxygen atoms in total. The molecule has 92 valence electrons. The molecule has 1 heterocycles. The van der Waals surface area contributed by atoms with Gasteiger partial charge in [0.05, 0.1) is 5.69 Å². The molecule has 0 spiro atoms. The van der Waals surface area contributed by atoms with Crippen molar-refractivity contribution in [2.45, 2.75) is 0 Å². The molecule has 2 aromatic rings. The van der Waals surface area contributed by atoms with E-state index in [4.69, 9.17) is 5.11 Å². The molecule has 0 fully saturated rings. The summed E-state index contributed by atoms with van der Waals surface area (Å²) in [6.07, 6.45) is 0. The van der Waals surface area contributed by atoms with E-state index < -0.39 is 28.8 Å². The highest BCUT2D eigenvalue weighted by molar-refractivity contribution is 5.86. The lowest BCUT2D eigenvalue weighted by molar-refractivity contribution is 0.0686. The van der Waals surface area contributed by atoms with E-state index in [1.807, 2.05) is 0 Å². The third-order valence-electron chi connectivity index (χ3n) is 2.33. The quantitative estimate of drug-likeness (QED) is 0.842. The van der Waals surface area contributed by atoms with Crippen LogP contribution >= 0.6 is 0 Å². The highest BCUT2D eigenvalue weighted by Crippen LogP contribution is 2.16. The molecule has 0 unspecified atom stereocenters. The summed E-state index contributed by atoms with van der Waals surface area (Å²) in [5.41, 5.74) is -1.51. The third kappa shape index (κ3) is 1.95. The number of carbonyl (C=O) groups is 1. The van der Waals surface area contributed by atoms with Gasteiger partial charge in [-0.25, -0.2) is 9.18 Å². The summed E-state index contributed by atoms with van der Waals surface area (Å²) in [5, 5.41) is 18.2. The third-order valence-corrected chi connectivity index (χ3v) is 2.33. The molecule has 0 saturated heterocycles. The zero-order valence-electron chi connectivity index (χ0n) is 9.00. The number of carboxylic acid groups (broad SMARTS) is 1. The number of hydrogen-bond acceptors (Lipinski definition) is 3. The fraction of sp³-hybridized carbons (Fsp3) is 0. The number of aromatic nitrogens is 1. The van der Waals surface area contributed by atoms with Crippen LogP contribution in [0.5, 0.6) is 5.75 Å². The van der Waals surface area contributed by atoms with Gasteiger partial charge in [-0.2, -0.15) is 0 Å². The molecule has 0 atom stereocenters. The number of benzene rings is 1. The molecule has 18 heavy (non-hydrogen) atoms. The maximum absolute atomic E-state index is 13.6. The van der Waals surface area contributed by atoms with Gasteiger partial charge in [-0.1, -0.05) is 12.1 Å². The standard InChI is InChI=1S/C12H8FNO4/c13-8-3-1-2-4-9(8)14-10(12(17)18)5-7(15)6-11(14)16/h1-6,15H,(H,17,18). The topological polar surface area (TPSA) is 79.5 Å². The number of hydrogen-bond donors (Lipinski definition) is 2. The summed E-state index contributed by atoms with van der Waals surface area (Å²) in [7, 11) is 0. The van der Waals surface area contributed by atoms with E-state index in [9.17, 15) is 19.1 Å². The van der Waals surface area contributed by atoms with Gasteiger partial charge >= 0.3 is 5.97 Å². The van der Waals surface area contributed by atoms with Gasteiger partial charge in [-0.15, -0.1) is 0 Å². The first-order chi connectivity index (χ1) is 8.50. The summed E-state index contributed by atoms with van der Waals surface area (Å²) >= 11 is 0. The fourth-order valence-electron chi connectivity index (χ4n) is 1.60. The van der Waals surface area contributed by atoms with Crippen molar-refractivity contribution in [2.24, 2.45) is 0 Å². The van der Waals surface area contributed by atoms with E-state index in [0.717, 1.165) is 18.2 Å². The number of aromatic carboxylic acids is 1. The predicted octanol–water partition coefficient (Wildman–Crippen LogP) is 1.38. The molecule has 0 bridgehead atoms. The van der Waals surface area contributed by atoms with Gasteiger partial charge in [0.2, 0.25) is 0 Å². The molecule has 0 saturated carbocycles. The van der Waals surface area contributed by atoms with Crippen LogP contribution in [0.3, 0.4) is 0 Å². The van der Waals surface area contributed by atoms with E-state index in [0.29, 0.717) is 4.57 Å². The zero-order valence-corrected chi connectivity index (χ0v) is 9.00. The fourth-order valence-corrected chi connectivity index (χ4v) is 1.60. The predicted molar refractivity (Wildman–Crippen MR) is 60.6 cm³/mol. The van der Waals surface area contributed by atoms with Crippen LogP contribution in [0.1, 0.15) is 10.5 Å². The Morgan fingerprint density at radius 3 is 2.50 bits per heavy atom. The average Bonchev–Trinajstić information content (AvgIpc) is 2.29. The second-order valence-electron chi connectivity index (χ2n) is 3.53. The van der Waals surface area contributed by atoms with E-state index in [1.165, 1.54) is 18.2 Å². The summed E-state index contributed by atoms with van der Waals surface area (Å²) in [4.78, 5) is 22.7. The van der Waals surface area contributed by atoms with Crippen LogP contribution in [-0.4, -0.2) is 20.7 Å². The molecule has 1 aromatic carbocycles. The van der Waals surface area contributed by atoms with Crippen molar-refractivity contribution < 1.29 is 19.4 Å². The first-order valence-electron chi connectivity index (χ1n) is 4.95. The molecule has 0 aliphatic rings. The van der Waals surface area contributed by atoms with Crippen molar-refractivity contribution in [1.82, 2.24) is 4.57 Å². The largest absolute Gasteiger partial charge is 0.508 e. The molecule has 2 N–H and O–H groups in total. The van der Waals surface area contributed by atoms with Gasteiger partial charge in [0.25, 0.3) is 5.56 Å². The summed E-state index contributed by atoms with van der Waals surface area (Å²) in [6.45, 7) is 0. The lowest BCUT2D eigenvalue weighted by Gasteiger charge is -2.10. The molecule has 0 radical (unpaired) electrons. The van der Waals surface area contributed by atoms with Crippen molar-refractivity contribution >= 4 is 5.97 Å². The van der Waals surface area contributed by atoms with Crippen molar-refractivity contribution in [3.8, 4) is 11.4 Å². The zero-order chi connectivity index (χ0) is 13.3. The van der Waals surface area contributed by atoms with Gasteiger partial charge in [0.15, 0.2) is 0 Å². The van der Waals surface area contributed by atoms with Gasteiger partial charge in [0, 0.05) is 12.1 Å². The molecular weight excluding hydrogens is 241 g/mol. The van der Waals surface area contributed by atoms with Gasteiger partial charge < -0.3 is 10.2 Å². The van der Waals surface area contributed by atoms with Crippen LogP contribution in [0.15, 0.2) is 41.2 Å². The summed E-state index contributed by atoms with van der Waals surface area (Å²) < 4.78 is 14.3. The average molecular weight is 249 g/mol. The van der Waals surface area contributed by atoms with Crippen LogP contribution in [-0.2, 0) is 0 Å². The maximum atomic E-state index is 13.6. The summed E-state index contributed by atoms with van der Waals surface area (Å²) in [6, 6.07) is 6.99. The number of halogens is 1. The van der Waals surface area contributed by atoms with E-state index in [1.54, 1.807) is 0 Å². The number of pyridine rings is 1. The van der Waals surface area contributed by atoms with Crippen molar-refractivity contribution in [3.05, 3.63) is 58.3 Å². The summed E-state index contributed by atoms with van der Waals surface area (Å²) in [5.74, 6) is -2.65. The minimum atomic E-state index is -1.44. The minimum Gasteiger partial charge on any atom is -0.508 e. The molecule has 0 amide bonds. The molecule has 2 rings (SSSR count). The SMILES string of the molecule is O=C(O)c1cc(O)cc(=O)n1-c1ccccc1F. The maximum Gasteiger partial charge on any atom is 0.353 e. The second-order valence-corrected chi connectivity index (χ2v) is 3.53. The Morgan fingerprint density at radius 2 is 1.89 bits per heavy atom. The van der Waals surface area contributed by atoms with Crippen molar-refractivity contribution in [3.63, 3.8) is 0 Å².